The van der Waals surface area contributed by atoms with Gasteiger partial charge in [0.15, 0.2) is 5.78 Å². The van der Waals surface area contributed by atoms with Gasteiger partial charge in [0.1, 0.15) is 12.1 Å². The maximum Gasteiger partial charge on any atom is 0.320 e. The Morgan fingerprint density at radius 1 is 1.03 bits per heavy atom. The van der Waals surface area contributed by atoms with Crippen LogP contribution in [0, 0.1) is 5.92 Å². The van der Waals surface area contributed by atoms with E-state index in [1.54, 1.807) is 34.1 Å². The van der Waals surface area contributed by atoms with E-state index in [2.05, 4.69) is 5.32 Å². The highest BCUT2D eigenvalue weighted by Crippen LogP contribution is 2.32. The molecule has 34 heavy (non-hydrogen) atoms. The Morgan fingerprint density at radius 2 is 1.71 bits per heavy atom. The second kappa shape index (κ2) is 10.0. The minimum absolute atomic E-state index is 0.0427. The van der Waals surface area contributed by atoms with Gasteiger partial charge < -0.3 is 25.8 Å². The van der Waals surface area contributed by atoms with E-state index >= 15 is 0 Å². The Labute approximate surface area is 200 Å². The van der Waals surface area contributed by atoms with Crippen molar-refractivity contribution >= 4 is 29.3 Å². The van der Waals surface area contributed by atoms with Crippen molar-refractivity contribution in [1.82, 2.24) is 20.0 Å². The molecule has 9 heteroatoms. The first-order chi connectivity index (χ1) is 16.3. The topological polar surface area (TPSA) is 116 Å². The molecule has 0 aromatic heterocycles. The predicted molar refractivity (Wildman–Crippen MR) is 128 cm³/mol. The van der Waals surface area contributed by atoms with Crippen LogP contribution in [0.25, 0.3) is 0 Å². The first-order valence-electron chi connectivity index (χ1n) is 12.3. The van der Waals surface area contributed by atoms with Crippen LogP contribution in [0.3, 0.4) is 0 Å². The number of nitrogens with one attached hydrogen (secondary N) is 1. The maximum atomic E-state index is 13.6. The Bertz CT molecular complexity index is 941. The molecule has 0 radical (unpaired) electrons. The van der Waals surface area contributed by atoms with Crippen molar-refractivity contribution in [2.45, 2.75) is 64.1 Å². The second-order valence-electron chi connectivity index (χ2n) is 10.0. The monoisotopic (exact) mass is 469 g/mol. The number of nitrogens with two attached hydrogens (primary N) is 1. The highest BCUT2D eigenvalue weighted by molar-refractivity contribution is 6.00. The van der Waals surface area contributed by atoms with Gasteiger partial charge in [0.05, 0.1) is 12.6 Å². The summed E-state index contributed by atoms with van der Waals surface area (Å²) in [7, 11) is 0. The fraction of sp³-hybridized carbons (Fsp3) is 0.600. The van der Waals surface area contributed by atoms with E-state index < -0.39 is 12.1 Å². The summed E-state index contributed by atoms with van der Waals surface area (Å²) < 4.78 is 0. The molecule has 9 nitrogen and oxygen atoms in total. The average molecular weight is 470 g/mol. The van der Waals surface area contributed by atoms with Crippen molar-refractivity contribution in [2.24, 2.45) is 5.92 Å². The Balaban J connectivity index is 1.47. The summed E-state index contributed by atoms with van der Waals surface area (Å²) in [5.74, 6) is -0.551. The zero-order chi connectivity index (χ0) is 24.4. The summed E-state index contributed by atoms with van der Waals surface area (Å²) in [6.07, 6.45) is 4.12. The van der Waals surface area contributed by atoms with Crippen LogP contribution in [-0.4, -0.2) is 82.6 Å². The van der Waals surface area contributed by atoms with Crippen LogP contribution in [0.4, 0.5) is 10.5 Å². The molecule has 3 fully saturated rings. The lowest BCUT2D eigenvalue weighted by Gasteiger charge is -2.33. The first kappa shape index (κ1) is 24.0. The summed E-state index contributed by atoms with van der Waals surface area (Å²) >= 11 is 0. The van der Waals surface area contributed by atoms with Crippen LogP contribution in [0.15, 0.2) is 24.3 Å². The van der Waals surface area contributed by atoms with Gasteiger partial charge in [-0.1, -0.05) is 13.8 Å². The van der Waals surface area contributed by atoms with Crippen LogP contribution in [0.1, 0.15) is 56.3 Å². The van der Waals surface area contributed by atoms with Crippen molar-refractivity contribution in [3.8, 4) is 0 Å². The molecule has 1 aromatic rings. The van der Waals surface area contributed by atoms with Crippen molar-refractivity contribution < 1.29 is 19.2 Å². The van der Waals surface area contributed by atoms with Gasteiger partial charge in [-0.15, -0.1) is 0 Å². The summed E-state index contributed by atoms with van der Waals surface area (Å²) in [4.78, 5) is 57.6. The molecule has 0 bridgehead atoms. The van der Waals surface area contributed by atoms with Gasteiger partial charge in [-0.3, -0.25) is 14.4 Å². The molecule has 3 atom stereocenters. The van der Waals surface area contributed by atoms with Crippen molar-refractivity contribution in [3.63, 3.8) is 0 Å². The number of hydrogen-bond donors (Lipinski definition) is 2. The number of carbonyl (C=O) groups is 4. The van der Waals surface area contributed by atoms with Crippen LogP contribution in [0.5, 0.6) is 0 Å². The molecule has 3 unspecified atom stereocenters. The van der Waals surface area contributed by atoms with Gasteiger partial charge in [0, 0.05) is 30.9 Å². The Morgan fingerprint density at radius 3 is 2.35 bits per heavy atom. The van der Waals surface area contributed by atoms with Gasteiger partial charge in [-0.25, -0.2) is 4.79 Å². The molecule has 3 aliphatic rings. The standard InChI is InChI=1S/C25H35N5O4/c1-16(2)14-19(27-23(32)17-6-8-18(26)9-7-17)24(33)29-13-10-20-22(29)21(31)15-30(20)25(34)28-11-4-3-5-12-28/h6-9,16,19-20,22H,3-5,10-15,26H2,1-2H3,(H,27,32). The SMILES string of the molecule is CC(C)CC(NC(=O)c1ccc(N)cc1)C(=O)N1CCC2C1C(=O)CN2C(=O)N1CCCCC1. The van der Waals surface area contributed by atoms with Crippen LogP contribution >= 0.6 is 0 Å². The van der Waals surface area contributed by atoms with Crippen molar-refractivity contribution in [2.75, 3.05) is 31.9 Å². The molecule has 0 aliphatic carbocycles. The number of nitrogens with zero attached hydrogens (tertiary/aromatic N) is 3. The normalized spacial score (nSPS) is 23.3. The number of carbonyl (C=O) groups excluding carboxylic acids is 4. The van der Waals surface area contributed by atoms with Gasteiger partial charge in [0.25, 0.3) is 5.91 Å². The molecular formula is C25H35N5O4. The number of Topliss-reactive ketones (excluding diaryl/α,β-unsaturated/α-hetero) is 1. The molecule has 3 heterocycles. The largest absolute Gasteiger partial charge is 0.399 e. The number of amides is 4. The van der Waals surface area contributed by atoms with E-state index in [-0.39, 0.29) is 42.1 Å². The Kier molecular flexibility index (Phi) is 7.09. The lowest BCUT2D eigenvalue weighted by molar-refractivity contribution is -0.138. The van der Waals surface area contributed by atoms with E-state index in [1.165, 1.54) is 0 Å². The zero-order valence-corrected chi connectivity index (χ0v) is 20.0. The molecule has 3 aliphatic heterocycles. The van der Waals surface area contributed by atoms with Gasteiger partial charge in [-0.2, -0.15) is 0 Å². The molecule has 1 aromatic carbocycles. The Hall–Kier alpha value is -3.10. The van der Waals surface area contributed by atoms with Gasteiger partial charge in [-0.05, 0) is 62.3 Å². The van der Waals surface area contributed by atoms with Crippen LogP contribution in [-0.2, 0) is 9.59 Å². The molecule has 0 spiro atoms. The summed E-state index contributed by atoms with van der Waals surface area (Å²) in [6.45, 7) is 5.86. The number of ketones is 1. The number of urea groups is 1. The van der Waals surface area contributed by atoms with Crippen molar-refractivity contribution in [1.29, 1.82) is 0 Å². The molecular weight excluding hydrogens is 434 g/mol. The fourth-order valence-corrected chi connectivity index (χ4v) is 5.36. The van der Waals surface area contributed by atoms with E-state index in [9.17, 15) is 19.2 Å². The molecule has 3 N–H and O–H groups in total. The summed E-state index contributed by atoms with van der Waals surface area (Å²) in [5, 5.41) is 2.87. The number of nitrogen functional groups attached to an aromatic ring is 1. The van der Waals surface area contributed by atoms with E-state index in [1.807, 2.05) is 18.7 Å². The van der Waals surface area contributed by atoms with Gasteiger partial charge >= 0.3 is 6.03 Å². The second-order valence-corrected chi connectivity index (χ2v) is 10.0. The van der Waals surface area contributed by atoms with Crippen LogP contribution in [0.2, 0.25) is 0 Å². The van der Waals surface area contributed by atoms with E-state index in [0.717, 1.165) is 32.4 Å². The molecule has 3 saturated heterocycles. The fourth-order valence-electron chi connectivity index (χ4n) is 5.36. The molecule has 4 rings (SSSR count). The third-order valence-corrected chi connectivity index (χ3v) is 7.06. The highest BCUT2D eigenvalue weighted by atomic mass is 16.2. The zero-order valence-electron chi connectivity index (χ0n) is 20.0. The number of anilines is 1. The smallest absolute Gasteiger partial charge is 0.320 e. The number of likely N-dealkylation sites (tertiary alicyclic amines) is 3. The predicted octanol–water partition coefficient (Wildman–Crippen LogP) is 1.87. The molecule has 4 amide bonds. The lowest BCUT2D eigenvalue weighted by atomic mass is 10.0. The number of hydrogen-bond acceptors (Lipinski definition) is 5. The highest BCUT2D eigenvalue weighted by Gasteiger charge is 2.52. The summed E-state index contributed by atoms with van der Waals surface area (Å²) in [5.41, 5.74) is 6.69. The minimum atomic E-state index is -0.747. The minimum Gasteiger partial charge on any atom is -0.399 e. The molecule has 184 valence electrons. The van der Waals surface area contributed by atoms with Gasteiger partial charge in [0.2, 0.25) is 5.91 Å². The maximum absolute atomic E-state index is 13.6. The third-order valence-electron chi connectivity index (χ3n) is 7.06. The van der Waals surface area contributed by atoms with E-state index in [0.29, 0.717) is 30.6 Å². The molecule has 0 saturated carbocycles. The quantitative estimate of drug-likeness (QED) is 0.639. The lowest BCUT2D eigenvalue weighted by Crippen LogP contribution is -2.53. The van der Waals surface area contributed by atoms with Crippen molar-refractivity contribution in [3.05, 3.63) is 29.8 Å². The first-order valence-corrected chi connectivity index (χ1v) is 12.3. The van der Waals surface area contributed by atoms with Crippen LogP contribution < -0.4 is 11.1 Å². The van der Waals surface area contributed by atoms with E-state index in [4.69, 9.17) is 5.73 Å². The third kappa shape index (κ3) is 4.88. The number of rotatable bonds is 5. The number of fused-ring (bicyclic) bond motifs is 1. The average Bonchev–Trinajstić information content (AvgIpc) is 3.39. The number of benzene rings is 1. The number of piperidine rings is 1. The summed E-state index contributed by atoms with van der Waals surface area (Å²) in [6, 6.07) is 4.77.